The summed E-state index contributed by atoms with van der Waals surface area (Å²) in [4.78, 5) is 0. The average Bonchev–Trinajstić information content (AvgIpc) is 3.10. The summed E-state index contributed by atoms with van der Waals surface area (Å²) in [7, 11) is -13.4. The van der Waals surface area contributed by atoms with Gasteiger partial charge in [0.2, 0.25) is 6.33 Å². The molecule has 0 fully saturated rings. The topological polar surface area (TPSA) is 91.2 Å². The van der Waals surface area contributed by atoms with Crippen LogP contribution in [0.3, 0.4) is 0 Å². The zero-order valence-corrected chi connectivity index (χ0v) is 19.5. The van der Waals surface area contributed by atoms with Crippen molar-refractivity contribution in [2.75, 3.05) is 0 Å². The number of halogens is 6. The molecule has 0 bridgehead atoms. The van der Waals surface area contributed by atoms with Gasteiger partial charge in [-0.2, -0.15) is 26.3 Å². The van der Waals surface area contributed by atoms with Gasteiger partial charge in [-0.25, -0.2) is 26.0 Å². The van der Waals surface area contributed by atoms with E-state index in [1.165, 1.54) is 57.9 Å². The molecule has 0 saturated heterocycles. The first-order valence-electron chi connectivity index (χ1n) is 9.99. The van der Waals surface area contributed by atoms with Gasteiger partial charge in [0.1, 0.15) is 12.4 Å². The van der Waals surface area contributed by atoms with E-state index in [-0.39, 0.29) is 0 Å². The van der Waals surface area contributed by atoms with Crippen LogP contribution in [0.25, 0.3) is 4.13 Å². The Morgan fingerprint density at radius 2 is 1.22 bits per heavy atom. The Labute approximate surface area is 184 Å². The zero-order valence-electron chi connectivity index (χ0n) is 17.9. The molecular formula is C17H29F6N3O4S2. The van der Waals surface area contributed by atoms with Gasteiger partial charge in [0.05, 0.1) is 13.1 Å². The summed E-state index contributed by atoms with van der Waals surface area (Å²) in [6.45, 7) is 6.71. The molecule has 1 rings (SSSR count). The number of hydrogen-bond acceptors (Lipinski definition) is 4. The van der Waals surface area contributed by atoms with Gasteiger partial charge < -0.3 is 4.13 Å². The SMILES string of the molecule is CCCCCCCCCC[n+]1ccn(CC)c1.O=S(=O)([N-]S(=O)(=O)C(F)(F)F)C(F)(F)F. The van der Waals surface area contributed by atoms with Crippen molar-refractivity contribution >= 4 is 20.0 Å². The summed E-state index contributed by atoms with van der Waals surface area (Å²) >= 11 is 0. The van der Waals surface area contributed by atoms with Gasteiger partial charge in [0, 0.05) is 0 Å². The number of unbranched alkanes of at least 4 members (excludes halogenated alkanes) is 7. The molecule has 0 spiro atoms. The second kappa shape index (κ2) is 13.4. The fraction of sp³-hybridized carbons (Fsp3) is 0.824. The van der Waals surface area contributed by atoms with E-state index >= 15 is 0 Å². The molecule has 0 aliphatic heterocycles. The van der Waals surface area contributed by atoms with E-state index in [1.807, 2.05) is 0 Å². The van der Waals surface area contributed by atoms with Gasteiger partial charge in [0.15, 0.2) is 20.0 Å². The van der Waals surface area contributed by atoms with Crippen LogP contribution in [0.15, 0.2) is 18.7 Å². The predicted molar refractivity (Wildman–Crippen MR) is 106 cm³/mol. The molecule has 0 aromatic carbocycles. The largest absolute Gasteiger partial charge is 0.480 e. The maximum absolute atomic E-state index is 11.4. The Morgan fingerprint density at radius 1 is 0.781 bits per heavy atom. The standard InChI is InChI=1S/C15H29N2.C2F6NO4S2/c1-3-5-6-7-8-9-10-11-12-17-14-13-16(4-2)15-17;3-1(4,5)14(10,11)9-15(12,13)2(6,7)8/h13-15H,3-12H2,1-2H3;/q+1;-1. The fourth-order valence-corrected chi connectivity index (χ4v) is 4.11. The molecule has 190 valence electrons. The van der Waals surface area contributed by atoms with E-state index in [4.69, 9.17) is 0 Å². The Kier molecular flexibility index (Phi) is 12.8. The van der Waals surface area contributed by atoms with Crippen LogP contribution in [-0.4, -0.2) is 32.4 Å². The third kappa shape index (κ3) is 11.5. The highest BCUT2D eigenvalue weighted by Gasteiger charge is 2.46. The maximum atomic E-state index is 11.4. The summed E-state index contributed by atoms with van der Waals surface area (Å²) in [6, 6.07) is 0. The number of nitrogens with zero attached hydrogens (tertiary/aromatic N) is 3. The van der Waals surface area contributed by atoms with Gasteiger partial charge in [-0.1, -0.05) is 45.4 Å². The van der Waals surface area contributed by atoms with Crippen molar-refractivity contribution in [1.82, 2.24) is 4.57 Å². The lowest BCUT2D eigenvalue weighted by Crippen LogP contribution is -2.30. The quantitative estimate of drug-likeness (QED) is 0.222. The molecule has 0 N–H and O–H groups in total. The van der Waals surface area contributed by atoms with Gasteiger partial charge in [-0.15, -0.1) is 0 Å². The number of alkyl halides is 6. The maximum Gasteiger partial charge on any atom is 0.480 e. The van der Waals surface area contributed by atoms with Gasteiger partial charge in [-0.05, 0) is 19.8 Å². The molecule has 32 heavy (non-hydrogen) atoms. The second-order valence-electron chi connectivity index (χ2n) is 6.87. The Balaban J connectivity index is 0.000000607. The molecule has 0 saturated carbocycles. The molecule has 0 aliphatic rings. The summed E-state index contributed by atoms with van der Waals surface area (Å²) in [5, 5.41) is 0. The highest BCUT2D eigenvalue weighted by Crippen LogP contribution is 2.36. The molecule has 15 heteroatoms. The van der Waals surface area contributed by atoms with Gasteiger partial charge >= 0.3 is 11.0 Å². The first-order valence-corrected chi connectivity index (χ1v) is 12.9. The van der Waals surface area contributed by atoms with Crippen LogP contribution in [0.5, 0.6) is 0 Å². The Hall–Kier alpha value is -1.35. The van der Waals surface area contributed by atoms with E-state index < -0.39 is 31.1 Å². The van der Waals surface area contributed by atoms with Crippen LogP contribution >= 0.6 is 0 Å². The first kappa shape index (κ1) is 30.6. The highest BCUT2D eigenvalue weighted by atomic mass is 32.3. The lowest BCUT2D eigenvalue weighted by atomic mass is 10.1. The van der Waals surface area contributed by atoms with Crippen LogP contribution in [-0.2, 0) is 33.1 Å². The minimum absolute atomic E-state index is 0.778. The third-order valence-electron chi connectivity index (χ3n) is 4.16. The summed E-state index contributed by atoms with van der Waals surface area (Å²) in [5.74, 6) is 0. The molecule has 1 heterocycles. The van der Waals surface area contributed by atoms with E-state index in [0.717, 1.165) is 10.7 Å². The molecular weight excluding hydrogens is 488 g/mol. The van der Waals surface area contributed by atoms with E-state index in [9.17, 15) is 43.2 Å². The lowest BCUT2D eigenvalue weighted by Gasteiger charge is -2.22. The molecule has 1 aromatic heterocycles. The van der Waals surface area contributed by atoms with Gasteiger partial charge in [0.25, 0.3) is 0 Å². The molecule has 0 atom stereocenters. The summed E-state index contributed by atoms with van der Waals surface area (Å²) in [6.07, 6.45) is 17.8. The molecule has 1 aromatic rings. The second-order valence-corrected chi connectivity index (χ2v) is 10.3. The van der Waals surface area contributed by atoms with Crippen LogP contribution < -0.4 is 4.57 Å². The van der Waals surface area contributed by atoms with Crippen LogP contribution in [0, 0.1) is 0 Å². The highest BCUT2D eigenvalue weighted by molar-refractivity contribution is 8.13. The first-order chi connectivity index (χ1) is 14.6. The average molecular weight is 518 g/mol. The van der Waals surface area contributed by atoms with E-state index in [1.54, 1.807) is 0 Å². The number of aromatic nitrogens is 2. The number of rotatable bonds is 12. The van der Waals surface area contributed by atoms with Crippen molar-refractivity contribution < 1.29 is 47.7 Å². The smallest absolute Gasteiger partial charge is 0.421 e. The van der Waals surface area contributed by atoms with Crippen molar-refractivity contribution in [2.45, 2.75) is 89.3 Å². The fourth-order valence-electron chi connectivity index (χ4n) is 2.40. The Morgan fingerprint density at radius 3 is 1.59 bits per heavy atom. The molecule has 0 unspecified atom stereocenters. The minimum Gasteiger partial charge on any atom is -0.421 e. The number of hydrogen-bond donors (Lipinski definition) is 0. The molecule has 7 nitrogen and oxygen atoms in total. The monoisotopic (exact) mass is 517 g/mol. The van der Waals surface area contributed by atoms with E-state index in [2.05, 4.69) is 41.7 Å². The van der Waals surface area contributed by atoms with Crippen LogP contribution in [0.2, 0.25) is 0 Å². The lowest BCUT2D eigenvalue weighted by molar-refractivity contribution is -0.696. The normalized spacial score (nSPS) is 13.0. The van der Waals surface area contributed by atoms with Crippen molar-refractivity contribution in [3.8, 4) is 0 Å². The number of imidazole rings is 1. The molecule has 0 aliphatic carbocycles. The van der Waals surface area contributed by atoms with Crippen molar-refractivity contribution in [2.24, 2.45) is 0 Å². The van der Waals surface area contributed by atoms with Crippen molar-refractivity contribution in [3.05, 3.63) is 22.8 Å². The van der Waals surface area contributed by atoms with Crippen molar-refractivity contribution in [3.63, 3.8) is 0 Å². The van der Waals surface area contributed by atoms with Crippen LogP contribution in [0.1, 0.15) is 65.2 Å². The summed E-state index contributed by atoms with van der Waals surface area (Å²) < 4.78 is 114. The Bertz CT molecular complexity index is 824. The van der Waals surface area contributed by atoms with Gasteiger partial charge in [-0.3, -0.25) is 0 Å². The zero-order chi connectivity index (χ0) is 25.1. The predicted octanol–water partition coefficient (Wildman–Crippen LogP) is 5.00. The molecule has 0 amide bonds. The summed E-state index contributed by atoms with van der Waals surface area (Å²) in [5.41, 5.74) is -12.4. The van der Waals surface area contributed by atoms with Crippen molar-refractivity contribution in [1.29, 1.82) is 0 Å². The number of aryl methyl sites for hydroxylation is 2. The number of sulfonamides is 2. The third-order valence-corrected chi connectivity index (χ3v) is 6.90. The van der Waals surface area contributed by atoms with Crippen LogP contribution in [0.4, 0.5) is 26.3 Å². The van der Waals surface area contributed by atoms with E-state index in [0.29, 0.717) is 0 Å². The minimum atomic E-state index is -6.72. The molecule has 0 radical (unpaired) electrons.